The molecule has 1 atom stereocenters. The lowest BCUT2D eigenvalue weighted by atomic mass is 10.3. The molecule has 0 fully saturated rings. The van der Waals surface area contributed by atoms with Gasteiger partial charge in [0.05, 0.1) is 17.2 Å². The van der Waals surface area contributed by atoms with Gasteiger partial charge in [0.25, 0.3) is 0 Å². The van der Waals surface area contributed by atoms with Crippen molar-refractivity contribution in [2.45, 2.75) is 12.6 Å². The van der Waals surface area contributed by atoms with Crippen molar-refractivity contribution in [2.75, 3.05) is 6.61 Å². The van der Waals surface area contributed by atoms with E-state index in [4.69, 9.17) is 9.84 Å². The molecule has 0 aromatic carbocycles. The van der Waals surface area contributed by atoms with Gasteiger partial charge in [-0.25, -0.2) is 4.68 Å². The Morgan fingerprint density at radius 1 is 1.82 bits per heavy atom. The van der Waals surface area contributed by atoms with Crippen LogP contribution in [-0.2, 0) is 6.54 Å². The quantitative estimate of drug-likeness (QED) is 0.686. The lowest BCUT2D eigenvalue weighted by molar-refractivity contribution is 0.0553. The fraction of sp³-hybridized carbons (Fsp3) is 0.500. The van der Waals surface area contributed by atoms with Crippen molar-refractivity contribution in [3.05, 3.63) is 10.7 Å². The van der Waals surface area contributed by atoms with E-state index in [9.17, 15) is 0 Å². The predicted octanol–water partition coefficient (Wildman–Crippen LogP) is 0.399. The third-order valence-electron chi connectivity index (χ3n) is 1.55. The smallest absolute Gasteiger partial charge is 0.226 e. The number of rotatable bonds is 0. The van der Waals surface area contributed by atoms with E-state index >= 15 is 0 Å². The number of aromatic nitrogens is 2. The summed E-state index contributed by atoms with van der Waals surface area (Å²) in [4.78, 5) is 0. The van der Waals surface area contributed by atoms with Crippen molar-refractivity contribution < 1.29 is 9.84 Å². The van der Waals surface area contributed by atoms with E-state index in [-0.39, 0.29) is 0 Å². The molecule has 4 nitrogen and oxygen atoms in total. The highest BCUT2D eigenvalue weighted by Gasteiger charge is 2.19. The minimum atomic E-state index is -0.436. The summed E-state index contributed by atoms with van der Waals surface area (Å²) in [6.45, 7) is 0.866. The first-order valence-electron chi connectivity index (χ1n) is 3.29. The van der Waals surface area contributed by atoms with Crippen molar-refractivity contribution in [3.63, 3.8) is 0 Å². The number of halogens is 1. The maximum absolute atomic E-state index is 9.16. The molecule has 2 rings (SSSR count). The van der Waals surface area contributed by atoms with E-state index < -0.39 is 6.10 Å². The molecule has 1 aliphatic heterocycles. The maximum Gasteiger partial charge on any atom is 0.226 e. The highest BCUT2D eigenvalue weighted by molar-refractivity contribution is 9.10. The van der Waals surface area contributed by atoms with Crippen LogP contribution in [0.25, 0.3) is 0 Å². The fourth-order valence-electron chi connectivity index (χ4n) is 1.05. The molecule has 5 heteroatoms. The number of fused-ring (bicyclic) bond motifs is 1. The standard InChI is InChI=1S/C6H7BrN2O2/c7-5-1-8-9-2-4(10)3-11-6(5)9/h1,4,10H,2-3H2. The summed E-state index contributed by atoms with van der Waals surface area (Å²) >= 11 is 3.28. The van der Waals surface area contributed by atoms with Gasteiger partial charge in [-0.1, -0.05) is 0 Å². The monoisotopic (exact) mass is 218 g/mol. The Kier molecular flexibility index (Phi) is 1.61. The van der Waals surface area contributed by atoms with Crippen LogP contribution in [0.5, 0.6) is 5.88 Å². The number of aliphatic hydroxyl groups excluding tert-OH is 1. The number of nitrogens with zero attached hydrogens (tertiary/aromatic N) is 2. The lowest BCUT2D eigenvalue weighted by Crippen LogP contribution is -2.29. The molecule has 0 saturated carbocycles. The van der Waals surface area contributed by atoms with Gasteiger partial charge in [0.1, 0.15) is 12.7 Å². The average molecular weight is 219 g/mol. The van der Waals surface area contributed by atoms with Crippen molar-refractivity contribution in [1.82, 2.24) is 9.78 Å². The van der Waals surface area contributed by atoms with Gasteiger partial charge in [0.15, 0.2) is 0 Å². The predicted molar refractivity (Wildman–Crippen MR) is 41.4 cm³/mol. The minimum absolute atomic E-state index is 0.351. The molecule has 60 valence electrons. The maximum atomic E-state index is 9.16. The van der Waals surface area contributed by atoms with Crippen molar-refractivity contribution in [2.24, 2.45) is 0 Å². The first-order chi connectivity index (χ1) is 5.27. The molecule has 1 N–H and O–H groups in total. The van der Waals surface area contributed by atoms with Gasteiger partial charge in [-0.15, -0.1) is 0 Å². The molecular weight excluding hydrogens is 212 g/mol. The van der Waals surface area contributed by atoms with Crippen LogP contribution in [0, 0.1) is 0 Å². The molecule has 1 aliphatic rings. The third-order valence-corrected chi connectivity index (χ3v) is 2.09. The van der Waals surface area contributed by atoms with Gasteiger partial charge < -0.3 is 9.84 Å². The molecule has 2 heterocycles. The topological polar surface area (TPSA) is 47.3 Å². The molecule has 0 aliphatic carbocycles. The summed E-state index contributed by atoms with van der Waals surface area (Å²) in [5, 5.41) is 13.2. The molecular formula is C6H7BrN2O2. The highest BCUT2D eigenvalue weighted by Crippen LogP contribution is 2.26. The Bertz CT molecular complexity index is 274. The molecule has 1 aromatic heterocycles. The summed E-state index contributed by atoms with van der Waals surface area (Å²) < 4.78 is 7.68. The summed E-state index contributed by atoms with van der Waals surface area (Å²) in [7, 11) is 0. The second kappa shape index (κ2) is 2.49. The zero-order chi connectivity index (χ0) is 7.84. The van der Waals surface area contributed by atoms with Gasteiger partial charge in [-0.2, -0.15) is 5.10 Å². The molecule has 1 unspecified atom stereocenters. The van der Waals surface area contributed by atoms with Gasteiger partial charge >= 0.3 is 0 Å². The molecule has 11 heavy (non-hydrogen) atoms. The first-order valence-corrected chi connectivity index (χ1v) is 4.09. The Balaban J connectivity index is 2.36. The van der Waals surface area contributed by atoms with Crippen molar-refractivity contribution in [1.29, 1.82) is 0 Å². The van der Waals surface area contributed by atoms with Gasteiger partial charge in [0.2, 0.25) is 5.88 Å². The van der Waals surface area contributed by atoms with Crippen LogP contribution in [0.4, 0.5) is 0 Å². The second-order valence-electron chi connectivity index (χ2n) is 2.44. The molecule has 0 amide bonds. The van der Waals surface area contributed by atoms with Gasteiger partial charge in [-0.3, -0.25) is 0 Å². The largest absolute Gasteiger partial charge is 0.474 e. The Labute approximate surface area is 71.9 Å². The summed E-state index contributed by atoms with van der Waals surface area (Å²) in [5.74, 6) is 0.704. The van der Waals surface area contributed by atoms with Crippen LogP contribution in [-0.4, -0.2) is 27.6 Å². The first kappa shape index (κ1) is 7.12. The van der Waals surface area contributed by atoms with Crippen molar-refractivity contribution in [3.8, 4) is 5.88 Å². The van der Waals surface area contributed by atoms with E-state index in [0.29, 0.717) is 19.0 Å². The van der Waals surface area contributed by atoms with Crippen LogP contribution >= 0.6 is 15.9 Å². The number of aliphatic hydroxyl groups is 1. The van der Waals surface area contributed by atoms with E-state index in [0.717, 1.165) is 4.47 Å². The van der Waals surface area contributed by atoms with Crippen LogP contribution in [0.1, 0.15) is 0 Å². The Hall–Kier alpha value is -0.550. The van der Waals surface area contributed by atoms with Gasteiger partial charge in [0, 0.05) is 0 Å². The molecule has 0 radical (unpaired) electrons. The summed E-state index contributed by atoms with van der Waals surface area (Å²) in [6.07, 6.45) is 1.22. The van der Waals surface area contributed by atoms with E-state index in [1.165, 1.54) is 0 Å². The second-order valence-corrected chi connectivity index (χ2v) is 3.30. The Morgan fingerprint density at radius 3 is 3.45 bits per heavy atom. The minimum Gasteiger partial charge on any atom is -0.474 e. The molecule has 0 spiro atoms. The van der Waals surface area contributed by atoms with E-state index in [1.807, 2.05) is 0 Å². The summed E-state index contributed by atoms with van der Waals surface area (Å²) in [6, 6.07) is 0. The molecule has 0 saturated heterocycles. The number of ether oxygens (including phenoxy) is 1. The number of hydrogen-bond donors (Lipinski definition) is 1. The zero-order valence-corrected chi connectivity index (χ0v) is 7.28. The lowest BCUT2D eigenvalue weighted by Gasteiger charge is -2.19. The van der Waals surface area contributed by atoms with E-state index in [2.05, 4.69) is 21.0 Å². The van der Waals surface area contributed by atoms with Crippen molar-refractivity contribution >= 4 is 15.9 Å². The zero-order valence-electron chi connectivity index (χ0n) is 5.70. The van der Waals surface area contributed by atoms with Gasteiger partial charge in [-0.05, 0) is 15.9 Å². The van der Waals surface area contributed by atoms with Crippen LogP contribution < -0.4 is 4.74 Å². The van der Waals surface area contributed by atoms with Crippen LogP contribution in [0.15, 0.2) is 10.7 Å². The number of hydrogen-bond acceptors (Lipinski definition) is 3. The van der Waals surface area contributed by atoms with Crippen LogP contribution in [0.2, 0.25) is 0 Å². The molecule has 0 bridgehead atoms. The van der Waals surface area contributed by atoms with E-state index in [1.54, 1.807) is 10.9 Å². The normalized spacial score (nSPS) is 22.5. The third kappa shape index (κ3) is 1.14. The summed E-state index contributed by atoms with van der Waals surface area (Å²) in [5.41, 5.74) is 0. The van der Waals surface area contributed by atoms with Crippen LogP contribution in [0.3, 0.4) is 0 Å². The fourth-order valence-corrected chi connectivity index (χ4v) is 1.46. The molecule has 1 aromatic rings. The highest BCUT2D eigenvalue weighted by atomic mass is 79.9. The average Bonchev–Trinajstić information content (AvgIpc) is 2.32. The Morgan fingerprint density at radius 2 is 2.64 bits per heavy atom. The SMILES string of the molecule is OC1COc2c(Br)cnn2C1.